The second-order valence-electron chi connectivity index (χ2n) is 6.48. The first-order chi connectivity index (χ1) is 14.5. The average Bonchev–Trinajstić information content (AvgIpc) is 2.74. The lowest BCUT2D eigenvalue weighted by atomic mass is 10.2. The lowest BCUT2D eigenvalue weighted by Crippen LogP contribution is -2.25. The quantitative estimate of drug-likeness (QED) is 0.175. The Morgan fingerprint density at radius 2 is 2.00 bits per heavy atom. The number of rotatable bonds is 8. The van der Waals surface area contributed by atoms with Crippen molar-refractivity contribution in [2.45, 2.75) is 37.1 Å². The molecule has 0 radical (unpaired) electrons. The Balaban J connectivity index is 2.20. The highest BCUT2D eigenvalue weighted by Gasteiger charge is 2.24. The predicted octanol–water partition coefficient (Wildman–Crippen LogP) is 4.12. The van der Waals surface area contributed by atoms with E-state index in [1.807, 2.05) is 6.92 Å². The van der Waals surface area contributed by atoms with Crippen molar-refractivity contribution in [1.29, 1.82) is 0 Å². The van der Waals surface area contributed by atoms with E-state index in [4.69, 9.17) is 4.74 Å². The van der Waals surface area contributed by atoms with Gasteiger partial charge in [0.1, 0.15) is 5.25 Å². The van der Waals surface area contributed by atoms with E-state index in [1.54, 1.807) is 37.3 Å². The summed E-state index contributed by atoms with van der Waals surface area (Å²) in [5.74, 6) is -0.377. The number of aromatic nitrogens is 2. The maximum absolute atomic E-state index is 13.3. The minimum absolute atomic E-state index is 0.140. The second kappa shape index (κ2) is 9.53. The van der Waals surface area contributed by atoms with Gasteiger partial charge in [0.25, 0.3) is 11.2 Å². The molecule has 0 spiro atoms. The zero-order valence-corrected chi connectivity index (χ0v) is 17.4. The molecule has 0 saturated carbocycles. The summed E-state index contributed by atoms with van der Waals surface area (Å²) in [6.45, 7) is 3.94. The van der Waals surface area contributed by atoms with Crippen LogP contribution >= 0.6 is 11.8 Å². The van der Waals surface area contributed by atoms with Crippen LogP contribution in [0, 0.1) is 10.1 Å². The number of hydrogen-bond acceptors (Lipinski definition) is 7. The third-order valence-electron chi connectivity index (χ3n) is 4.39. The Morgan fingerprint density at radius 3 is 2.70 bits per heavy atom. The van der Waals surface area contributed by atoms with Gasteiger partial charge in [-0.15, -0.1) is 0 Å². The Hall–Kier alpha value is -3.20. The smallest absolute Gasteiger partial charge is 0.319 e. The monoisotopic (exact) mass is 427 g/mol. The molecular weight excluding hydrogens is 406 g/mol. The summed E-state index contributed by atoms with van der Waals surface area (Å²) >= 11 is 1.13. The van der Waals surface area contributed by atoms with Crippen molar-refractivity contribution in [2.75, 3.05) is 6.61 Å². The zero-order chi connectivity index (χ0) is 21.7. The van der Waals surface area contributed by atoms with Gasteiger partial charge in [-0.05, 0) is 31.5 Å². The molecule has 1 aromatic heterocycles. The minimum Gasteiger partial charge on any atom is -0.465 e. The lowest BCUT2D eigenvalue weighted by Gasteiger charge is -2.18. The van der Waals surface area contributed by atoms with Crippen LogP contribution in [0.25, 0.3) is 16.6 Å². The van der Waals surface area contributed by atoms with Crippen LogP contribution in [0.3, 0.4) is 0 Å². The summed E-state index contributed by atoms with van der Waals surface area (Å²) in [7, 11) is 0. The van der Waals surface area contributed by atoms with Gasteiger partial charge in [-0.2, -0.15) is 0 Å². The average molecular weight is 427 g/mol. The topological polar surface area (TPSA) is 104 Å². The van der Waals surface area contributed by atoms with Crippen LogP contribution in [-0.2, 0) is 9.53 Å². The Morgan fingerprint density at radius 1 is 1.23 bits per heavy atom. The van der Waals surface area contributed by atoms with Crippen LogP contribution in [0.4, 0.5) is 5.69 Å². The van der Waals surface area contributed by atoms with E-state index < -0.39 is 10.2 Å². The molecule has 0 aliphatic rings. The maximum atomic E-state index is 13.3. The molecule has 0 amide bonds. The molecule has 3 aromatic rings. The van der Waals surface area contributed by atoms with Gasteiger partial charge in [-0.3, -0.25) is 24.3 Å². The van der Waals surface area contributed by atoms with Crippen LogP contribution in [0.1, 0.15) is 26.7 Å². The number of esters is 1. The van der Waals surface area contributed by atoms with Crippen LogP contribution in [0.5, 0.6) is 0 Å². The molecule has 1 heterocycles. The van der Waals surface area contributed by atoms with Gasteiger partial charge in [0.05, 0.1) is 28.1 Å². The van der Waals surface area contributed by atoms with Crippen molar-refractivity contribution in [3.63, 3.8) is 0 Å². The third kappa shape index (κ3) is 4.51. The number of ether oxygens (including phenoxy) is 1. The first kappa shape index (κ1) is 21.5. The second-order valence-corrected chi connectivity index (χ2v) is 7.65. The summed E-state index contributed by atoms with van der Waals surface area (Å²) in [5, 5.41) is 11.3. The van der Waals surface area contributed by atoms with Crippen LogP contribution in [0.2, 0.25) is 0 Å². The van der Waals surface area contributed by atoms with Crippen LogP contribution in [-0.4, -0.2) is 32.3 Å². The Bertz CT molecular complexity index is 1140. The van der Waals surface area contributed by atoms with Gasteiger partial charge in [0, 0.05) is 12.1 Å². The van der Waals surface area contributed by atoms with E-state index in [2.05, 4.69) is 4.98 Å². The molecular formula is C21H21N3O5S. The molecule has 0 N–H and O–H groups in total. The third-order valence-corrected chi connectivity index (χ3v) is 5.59. The Labute approximate surface area is 177 Å². The van der Waals surface area contributed by atoms with Crippen LogP contribution < -0.4 is 5.56 Å². The number of non-ortho nitro benzene ring substituents is 1. The van der Waals surface area contributed by atoms with E-state index in [0.717, 1.165) is 18.2 Å². The fourth-order valence-electron chi connectivity index (χ4n) is 3.01. The summed E-state index contributed by atoms with van der Waals surface area (Å²) in [6.07, 6.45) is 1.28. The number of carbonyl (C=O) groups is 1. The van der Waals surface area contributed by atoms with Gasteiger partial charge in [-0.1, -0.05) is 43.3 Å². The maximum Gasteiger partial charge on any atom is 0.319 e. The standard InChI is InChI=1S/C21H21N3O5S/c1-3-8-18(20(26)29-4-2)30-21-22-17-12-6-5-11-16(17)19(25)23(21)14-9-7-10-15(13-14)24(27)28/h5-7,9-13,18H,3-4,8H2,1-2H3. The molecule has 0 aliphatic carbocycles. The number of thioether (sulfide) groups is 1. The molecule has 8 nitrogen and oxygen atoms in total. The van der Waals surface area contributed by atoms with Crippen molar-refractivity contribution in [3.05, 3.63) is 69.0 Å². The number of benzene rings is 2. The lowest BCUT2D eigenvalue weighted by molar-refractivity contribution is -0.384. The normalized spacial score (nSPS) is 11.9. The number of carbonyl (C=O) groups excluding carboxylic acids is 1. The molecule has 1 unspecified atom stereocenters. The molecule has 1 atom stereocenters. The molecule has 3 rings (SSSR count). The van der Waals surface area contributed by atoms with E-state index >= 15 is 0 Å². The van der Waals surface area contributed by atoms with Crippen molar-refractivity contribution in [2.24, 2.45) is 0 Å². The van der Waals surface area contributed by atoms with E-state index in [0.29, 0.717) is 23.0 Å². The predicted molar refractivity (Wildman–Crippen MR) is 115 cm³/mol. The van der Waals surface area contributed by atoms with Crippen molar-refractivity contribution in [1.82, 2.24) is 9.55 Å². The fraction of sp³-hybridized carbons (Fsp3) is 0.286. The van der Waals surface area contributed by atoms with E-state index in [-0.39, 0.29) is 29.0 Å². The van der Waals surface area contributed by atoms with Gasteiger partial charge in [0.2, 0.25) is 0 Å². The van der Waals surface area contributed by atoms with Gasteiger partial charge >= 0.3 is 5.97 Å². The van der Waals surface area contributed by atoms with Gasteiger partial charge in [0.15, 0.2) is 5.16 Å². The summed E-state index contributed by atoms with van der Waals surface area (Å²) < 4.78 is 6.50. The minimum atomic E-state index is -0.548. The zero-order valence-electron chi connectivity index (χ0n) is 16.6. The molecule has 0 saturated heterocycles. The molecule has 30 heavy (non-hydrogen) atoms. The van der Waals surface area contributed by atoms with E-state index in [1.165, 1.54) is 22.8 Å². The molecule has 0 bridgehead atoms. The van der Waals surface area contributed by atoms with Gasteiger partial charge < -0.3 is 4.74 Å². The SMILES string of the molecule is CCCC(Sc1nc2ccccc2c(=O)n1-c1cccc([N+](=O)[O-])c1)C(=O)OCC. The molecule has 0 fully saturated rings. The van der Waals surface area contributed by atoms with Crippen LogP contribution in [0.15, 0.2) is 58.5 Å². The summed E-state index contributed by atoms with van der Waals surface area (Å²) in [4.78, 5) is 41.0. The number of fused-ring (bicyclic) bond motifs is 1. The van der Waals surface area contributed by atoms with Crippen molar-refractivity contribution in [3.8, 4) is 5.69 Å². The van der Waals surface area contributed by atoms with E-state index in [9.17, 15) is 19.7 Å². The highest BCUT2D eigenvalue weighted by molar-refractivity contribution is 8.00. The number of para-hydroxylation sites is 1. The van der Waals surface area contributed by atoms with Gasteiger partial charge in [-0.25, -0.2) is 4.98 Å². The first-order valence-electron chi connectivity index (χ1n) is 9.56. The van der Waals surface area contributed by atoms with Crippen molar-refractivity contribution >= 4 is 34.3 Å². The largest absolute Gasteiger partial charge is 0.465 e. The fourth-order valence-corrected chi connectivity index (χ4v) is 4.23. The summed E-state index contributed by atoms with van der Waals surface area (Å²) in [5.41, 5.74) is 0.307. The Kier molecular flexibility index (Phi) is 6.83. The first-order valence-corrected chi connectivity index (χ1v) is 10.4. The number of nitro benzene ring substituents is 1. The highest BCUT2D eigenvalue weighted by atomic mass is 32.2. The highest BCUT2D eigenvalue weighted by Crippen LogP contribution is 2.29. The number of hydrogen-bond donors (Lipinski definition) is 0. The van der Waals surface area contributed by atoms with Crippen molar-refractivity contribution < 1.29 is 14.5 Å². The molecule has 0 aliphatic heterocycles. The molecule has 9 heteroatoms. The number of nitro groups is 1. The molecule has 156 valence electrons. The summed E-state index contributed by atoms with van der Waals surface area (Å²) in [6, 6.07) is 12.7. The molecule has 2 aromatic carbocycles. The number of nitrogens with zero attached hydrogens (tertiary/aromatic N) is 3.